The minimum Gasteiger partial charge on any atom is -0.463 e. The molecule has 1 N–H and O–H groups in total. The van der Waals surface area contributed by atoms with Crippen molar-refractivity contribution in [1.29, 1.82) is 0 Å². The van der Waals surface area contributed by atoms with Gasteiger partial charge < -0.3 is 14.3 Å². The Hall–Kier alpha value is -2.73. The molecule has 0 bridgehead atoms. The van der Waals surface area contributed by atoms with Gasteiger partial charge in [-0.1, -0.05) is 36.9 Å². The Bertz CT molecular complexity index is 1170. The lowest BCUT2D eigenvalue weighted by Crippen LogP contribution is -2.65. The van der Waals surface area contributed by atoms with Gasteiger partial charge in [-0.15, -0.1) is 0 Å². The van der Waals surface area contributed by atoms with Crippen LogP contribution in [0.15, 0.2) is 41.0 Å². The number of amides is 2. The Labute approximate surface area is 186 Å². The van der Waals surface area contributed by atoms with Gasteiger partial charge in [-0.3, -0.25) is 14.5 Å². The first kappa shape index (κ1) is 20.2. The van der Waals surface area contributed by atoms with Gasteiger partial charge in [-0.05, 0) is 44.4 Å². The predicted molar refractivity (Wildman–Crippen MR) is 121 cm³/mol. The van der Waals surface area contributed by atoms with Crippen LogP contribution in [0.3, 0.4) is 0 Å². The smallest absolute Gasteiger partial charge is 0.276 e. The van der Waals surface area contributed by atoms with Crippen LogP contribution in [0, 0.1) is 6.92 Å². The molecule has 1 fully saturated rings. The molecule has 6 nitrogen and oxygen atoms in total. The summed E-state index contributed by atoms with van der Waals surface area (Å²) in [6.07, 6.45) is 7.01. The Balaban J connectivity index is 1.63. The van der Waals surface area contributed by atoms with Crippen molar-refractivity contribution in [3.05, 3.63) is 52.9 Å². The standard InChI is InChI=1S/C24H26ClN3O3/c1-15-17(25)9-6-10-18(15)28-22(29)20-13-21-19(11-12-31-21)27(20)14-24(28,2)23(30)26-16-7-4-3-5-8-16/h6,9-13,16H,3-5,7-8,14H2,1-2H3,(H,26,30). The van der Waals surface area contributed by atoms with E-state index in [9.17, 15) is 9.59 Å². The zero-order chi connectivity index (χ0) is 21.8. The molecule has 1 aliphatic heterocycles. The van der Waals surface area contributed by atoms with Gasteiger partial charge in [0.2, 0.25) is 5.91 Å². The molecule has 5 rings (SSSR count). The third-order valence-electron chi connectivity index (χ3n) is 6.81. The lowest BCUT2D eigenvalue weighted by Gasteiger charge is -2.45. The van der Waals surface area contributed by atoms with Gasteiger partial charge >= 0.3 is 0 Å². The number of hydrogen-bond donors (Lipinski definition) is 1. The molecule has 2 amide bonds. The Kier molecular flexibility index (Phi) is 4.85. The molecule has 2 aliphatic rings. The number of nitrogens with one attached hydrogen (secondary N) is 1. The van der Waals surface area contributed by atoms with Crippen molar-refractivity contribution in [2.24, 2.45) is 0 Å². The largest absolute Gasteiger partial charge is 0.463 e. The fraction of sp³-hybridized carbons (Fsp3) is 0.417. The first-order chi connectivity index (χ1) is 14.9. The number of rotatable bonds is 3. The quantitative estimate of drug-likeness (QED) is 0.619. The first-order valence-electron chi connectivity index (χ1n) is 10.9. The zero-order valence-electron chi connectivity index (χ0n) is 17.8. The number of aromatic nitrogens is 1. The van der Waals surface area contributed by atoms with E-state index in [-0.39, 0.29) is 17.9 Å². The molecular formula is C24H26ClN3O3. The van der Waals surface area contributed by atoms with E-state index in [2.05, 4.69) is 5.32 Å². The maximum Gasteiger partial charge on any atom is 0.276 e. The van der Waals surface area contributed by atoms with Crippen LogP contribution < -0.4 is 10.2 Å². The lowest BCUT2D eigenvalue weighted by atomic mass is 9.90. The number of nitrogens with zero attached hydrogens (tertiary/aromatic N) is 2. The van der Waals surface area contributed by atoms with Gasteiger partial charge in [0.25, 0.3) is 5.91 Å². The SMILES string of the molecule is Cc1c(Cl)cccc1N1C(=O)c2cc3occc3n2CC1(C)C(=O)NC1CCCCC1. The summed E-state index contributed by atoms with van der Waals surface area (Å²) >= 11 is 6.40. The van der Waals surface area contributed by atoms with Crippen molar-refractivity contribution >= 4 is 40.2 Å². The van der Waals surface area contributed by atoms with Crippen molar-refractivity contribution in [2.45, 2.75) is 64.1 Å². The van der Waals surface area contributed by atoms with E-state index in [1.165, 1.54) is 6.42 Å². The third kappa shape index (κ3) is 3.16. The zero-order valence-corrected chi connectivity index (χ0v) is 18.5. The van der Waals surface area contributed by atoms with Crippen molar-refractivity contribution < 1.29 is 14.0 Å². The highest BCUT2D eigenvalue weighted by molar-refractivity contribution is 6.32. The van der Waals surface area contributed by atoms with Crippen LogP contribution >= 0.6 is 11.6 Å². The van der Waals surface area contributed by atoms with Crippen LogP contribution in [-0.4, -0.2) is 28.0 Å². The molecule has 1 unspecified atom stereocenters. The molecule has 31 heavy (non-hydrogen) atoms. The fourth-order valence-corrected chi connectivity index (χ4v) is 5.19. The van der Waals surface area contributed by atoms with Crippen LogP contribution in [0.5, 0.6) is 0 Å². The summed E-state index contributed by atoms with van der Waals surface area (Å²) in [7, 11) is 0. The molecule has 1 aliphatic carbocycles. The highest BCUT2D eigenvalue weighted by Gasteiger charge is 2.49. The Morgan fingerprint density at radius 3 is 2.77 bits per heavy atom. The van der Waals surface area contributed by atoms with Crippen molar-refractivity contribution in [2.75, 3.05) is 4.90 Å². The molecule has 1 saturated carbocycles. The van der Waals surface area contributed by atoms with Crippen LogP contribution in [0.2, 0.25) is 5.02 Å². The molecule has 0 saturated heterocycles. The number of anilines is 1. The average Bonchev–Trinajstić information content (AvgIpc) is 3.34. The minimum absolute atomic E-state index is 0.136. The Morgan fingerprint density at radius 1 is 1.23 bits per heavy atom. The highest BCUT2D eigenvalue weighted by atomic mass is 35.5. The number of furan rings is 1. The van der Waals surface area contributed by atoms with E-state index < -0.39 is 5.54 Å². The number of halogens is 1. The first-order valence-corrected chi connectivity index (χ1v) is 11.3. The summed E-state index contributed by atoms with van der Waals surface area (Å²) in [5.41, 5.74) is 2.29. The van der Waals surface area contributed by atoms with Crippen LogP contribution in [0.1, 0.15) is 55.1 Å². The van der Waals surface area contributed by atoms with E-state index in [1.807, 2.05) is 36.6 Å². The number of hydrogen-bond acceptors (Lipinski definition) is 3. The van der Waals surface area contributed by atoms with Crippen LogP contribution in [0.4, 0.5) is 5.69 Å². The van der Waals surface area contributed by atoms with Gasteiger partial charge in [0.15, 0.2) is 5.58 Å². The summed E-state index contributed by atoms with van der Waals surface area (Å²) < 4.78 is 7.44. The molecule has 7 heteroatoms. The van der Waals surface area contributed by atoms with Gasteiger partial charge in [0.1, 0.15) is 11.2 Å². The maximum absolute atomic E-state index is 13.8. The predicted octanol–water partition coefficient (Wildman–Crippen LogP) is 5.06. The second kappa shape index (κ2) is 7.45. The van der Waals surface area contributed by atoms with E-state index in [4.69, 9.17) is 16.0 Å². The third-order valence-corrected chi connectivity index (χ3v) is 7.22. The number of carbonyl (C=O) groups is 2. The summed E-state index contributed by atoms with van der Waals surface area (Å²) in [6.45, 7) is 4.06. The molecule has 1 atom stereocenters. The summed E-state index contributed by atoms with van der Waals surface area (Å²) in [5.74, 6) is -0.368. The summed E-state index contributed by atoms with van der Waals surface area (Å²) in [5, 5.41) is 3.81. The molecular weight excluding hydrogens is 414 g/mol. The van der Waals surface area contributed by atoms with Crippen molar-refractivity contribution in [3.8, 4) is 0 Å². The lowest BCUT2D eigenvalue weighted by molar-refractivity contribution is -0.127. The Morgan fingerprint density at radius 2 is 2.00 bits per heavy atom. The second-order valence-electron chi connectivity index (χ2n) is 8.89. The van der Waals surface area contributed by atoms with Crippen molar-refractivity contribution in [1.82, 2.24) is 9.88 Å². The monoisotopic (exact) mass is 439 g/mol. The topological polar surface area (TPSA) is 67.5 Å². The minimum atomic E-state index is -1.11. The second-order valence-corrected chi connectivity index (χ2v) is 9.30. The van der Waals surface area contributed by atoms with Gasteiger partial charge in [-0.2, -0.15) is 0 Å². The van der Waals surface area contributed by atoms with E-state index >= 15 is 0 Å². The van der Waals surface area contributed by atoms with E-state index in [0.29, 0.717) is 28.5 Å². The van der Waals surface area contributed by atoms with Crippen LogP contribution in [0.25, 0.3) is 11.1 Å². The van der Waals surface area contributed by atoms with Gasteiger partial charge in [0.05, 0.1) is 18.3 Å². The molecule has 0 spiro atoms. The maximum atomic E-state index is 13.8. The number of benzene rings is 1. The van der Waals surface area contributed by atoms with Crippen LogP contribution in [-0.2, 0) is 11.3 Å². The van der Waals surface area contributed by atoms with E-state index in [0.717, 1.165) is 36.8 Å². The van der Waals surface area contributed by atoms with Gasteiger partial charge in [-0.25, -0.2) is 0 Å². The molecule has 3 aromatic rings. The molecule has 162 valence electrons. The average molecular weight is 440 g/mol. The molecule has 0 radical (unpaired) electrons. The normalized spacial score (nSPS) is 22.0. The fourth-order valence-electron chi connectivity index (χ4n) is 5.02. The number of fused-ring (bicyclic) bond motifs is 3. The summed E-state index contributed by atoms with van der Waals surface area (Å²) in [4.78, 5) is 29.2. The molecule has 1 aromatic carbocycles. The molecule has 3 heterocycles. The molecule has 2 aromatic heterocycles. The summed E-state index contributed by atoms with van der Waals surface area (Å²) in [6, 6.07) is 9.21. The van der Waals surface area contributed by atoms with E-state index in [1.54, 1.807) is 23.3 Å². The van der Waals surface area contributed by atoms with Gasteiger partial charge in [0, 0.05) is 28.9 Å². The number of carbonyl (C=O) groups excluding carboxylic acids is 2. The van der Waals surface area contributed by atoms with Crippen molar-refractivity contribution in [3.63, 3.8) is 0 Å². The highest BCUT2D eigenvalue weighted by Crippen LogP contribution is 2.39.